The normalized spacial score (nSPS) is 28.6. The maximum absolute atomic E-state index is 10.8. The molecule has 2 aliphatic heterocycles. The lowest BCUT2D eigenvalue weighted by molar-refractivity contribution is -0.138. The molecule has 0 radical (unpaired) electrons. The molecule has 2 aliphatic rings. The lowest BCUT2D eigenvalue weighted by atomic mass is 10.1. The summed E-state index contributed by atoms with van der Waals surface area (Å²) < 4.78 is 0. The van der Waals surface area contributed by atoms with Crippen molar-refractivity contribution in [2.45, 2.75) is 51.1 Å². The Labute approximate surface area is 104 Å². The van der Waals surface area contributed by atoms with Crippen molar-refractivity contribution in [3.05, 3.63) is 0 Å². The third-order valence-electron chi connectivity index (χ3n) is 4.25. The number of rotatable bonds is 5. The van der Waals surface area contributed by atoms with E-state index in [9.17, 15) is 4.79 Å². The summed E-state index contributed by atoms with van der Waals surface area (Å²) in [5.74, 6) is -0.665. The zero-order valence-electron chi connectivity index (χ0n) is 10.8. The molecule has 0 aromatic rings. The summed E-state index contributed by atoms with van der Waals surface area (Å²) in [6.45, 7) is 6.73. The van der Waals surface area contributed by atoms with Crippen molar-refractivity contribution < 1.29 is 9.90 Å². The fourth-order valence-corrected chi connectivity index (χ4v) is 3.24. The van der Waals surface area contributed by atoms with Gasteiger partial charge in [-0.2, -0.15) is 0 Å². The summed E-state index contributed by atoms with van der Waals surface area (Å²) >= 11 is 0. The van der Waals surface area contributed by atoms with E-state index in [4.69, 9.17) is 5.11 Å². The van der Waals surface area contributed by atoms with Gasteiger partial charge in [0, 0.05) is 25.2 Å². The first-order valence-electron chi connectivity index (χ1n) is 6.90. The zero-order valence-corrected chi connectivity index (χ0v) is 10.8. The quantitative estimate of drug-likeness (QED) is 0.789. The van der Waals surface area contributed by atoms with Crippen LogP contribution < -0.4 is 0 Å². The molecule has 0 aromatic heterocycles. The zero-order chi connectivity index (χ0) is 12.3. The third-order valence-corrected chi connectivity index (χ3v) is 4.25. The van der Waals surface area contributed by atoms with Crippen molar-refractivity contribution in [1.82, 2.24) is 9.80 Å². The number of carboxylic acid groups (broad SMARTS) is 1. The highest BCUT2D eigenvalue weighted by molar-refractivity contribution is 5.67. The summed E-state index contributed by atoms with van der Waals surface area (Å²) in [7, 11) is 0. The van der Waals surface area contributed by atoms with Crippen LogP contribution in [0, 0.1) is 0 Å². The van der Waals surface area contributed by atoms with Crippen LogP contribution in [0.2, 0.25) is 0 Å². The monoisotopic (exact) mass is 240 g/mol. The second-order valence-electron chi connectivity index (χ2n) is 5.34. The predicted molar refractivity (Wildman–Crippen MR) is 67.1 cm³/mol. The Balaban J connectivity index is 1.84. The van der Waals surface area contributed by atoms with E-state index in [-0.39, 0.29) is 6.04 Å². The van der Waals surface area contributed by atoms with Crippen LogP contribution in [-0.4, -0.2) is 59.1 Å². The van der Waals surface area contributed by atoms with Crippen LogP contribution in [0.25, 0.3) is 0 Å². The van der Waals surface area contributed by atoms with E-state index in [1.165, 1.54) is 32.4 Å². The molecule has 17 heavy (non-hydrogen) atoms. The molecule has 1 N–H and O–H groups in total. The lowest BCUT2D eigenvalue weighted by Gasteiger charge is -2.27. The summed E-state index contributed by atoms with van der Waals surface area (Å²) in [5.41, 5.74) is 0. The van der Waals surface area contributed by atoms with Crippen molar-refractivity contribution in [3.8, 4) is 0 Å². The van der Waals surface area contributed by atoms with Gasteiger partial charge in [0.15, 0.2) is 0 Å². The molecule has 98 valence electrons. The molecule has 4 nitrogen and oxygen atoms in total. The van der Waals surface area contributed by atoms with Crippen LogP contribution in [0.1, 0.15) is 39.0 Å². The highest BCUT2D eigenvalue weighted by atomic mass is 16.4. The van der Waals surface area contributed by atoms with Gasteiger partial charge in [0.1, 0.15) is 0 Å². The van der Waals surface area contributed by atoms with Crippen LogP contribution in [0.3, 0.4) is 0 Å². The summed E-state index contributed by atoms with van der Waals surface area (Å²) in [4.78, 5) is 15.8. The molecule has 2 atom stereocenters. The van der Waals surface area contributed by atoms with Gasteiger partial charge in [0.25, 0.3) is 0 Å². The van der Waals surface area contributed by atoms with Crippen molar-refractivity contribution >= 4 is 5.97 Å². The molecule has 2 rings (SSSR count). The van der Waals surface area contributed by atoms with Gasteiger partial charge < -0.3 is 5.11 Å². The minimum Gasteiger partial charge on any atom is -0.481 e. The van der Waals surface area contributed by atoms with Gasteiger partial charge in [-0.05, 0) is 38.8 Å². The Morgan fingerprint density at radius 3 is 2.65 bits per heavy atom. The van der Waals surface area contributed by atoms with E-state index in [1.807, 2.05) is 0 Å². The van der Waals surface area contributed by atoms with E-state index in [2.05, 4.69) is 16.7 Å². The van der Waals surface area contributed by atoms with Crippen molar-refractivity contribution in [2.75, 3.05) is 26.2 Å². The number of aliphatic carboxylic acids is 1. The fourth-order valence-electron chi connectivity index (χ4n) is 3.24. The minimum atomic E-state index is -0.665. The second kappa shape index (κ2) is 5.83. The average Bonchev–Trinajstić information content (AvgIpc) is 2.95. The fraction of sp³-hybridized carbons (Fsp3) is 0.923. The SMILES string of the molecule is CCC(CC(=O)O)N1CCC(N2CCCC2)C1. The van der Waals surface area contributed by atoms with Crippen LogP contribution in [0.5, 0.6) is 0 Å². The van der Waals surface area contributed by atoms with Gasteiger partial charge in [-0.3, -0.25) is 14.6 Å². The Morgan fingerprint density at radius 2 is 2.06 bits per heavy atom. The minimum absolute atomic E-state index is 0.236. The van der Waals surface area contributed by atoms with Crippen molar-refractivity contribution in [2.24, 2.45) is 0 Å². The van der Waals surface area contributed by atoms with Gasteiger partial charge in [-0.25, -0.2) is 0 Å². The molecule has 4 heteroatoms. The van der Waals surface area contributed by atoms with Gasteiger partial charge in [0.2, 0.25) is 0 Å². The first-order chi connectivity index (χ1) is 8.20. The molecule has 2 unspecified atom stereocenters. The molecule has 0 aliphatic carbocycles. The Kier molecular flexibility index (Phi) is 4.40. The second-order valence-corrected chi connectivity index (χ2v) is 5.34. The number of likely N-dealkylation sites (tertiary alicyclic amines) is 2. The maximum atomic E-state index is 10.8. The number of hydrogen-bond acceptors (Lipinski definition) is 3. The third kappa shape index (κ3) is 3.19. The molecule has 0 aromatic carbocycles. The Bertz CT molecular complexity index is 264. The average molecular weight is 240 g/mol. The largest absolute Gasteiger partial charge is 0.481 e. The lowest BCUT2D eigenvalue weighted by Crippen LogP contribution is -2.39. The van der Waals surface area contributed by atoms with E-state index in [0.717, 1.165) is 19.5 Å². The van der Waals surface area contributed by atoms with Crippen molar-refractivity contribution in [1.29, 1.82) is 0 Å². The molecule has 0 saturated carbocycles. The topological polar surface area (TPSA) is 43.8 Å². The van der Waals surface area contributed by atoms with E-state index in [1.54, 1.807) is 0 Å². The van der Waals surface area contributed by atoms with Gasteiger partial charge in [-0.15, -0.1) is 0 Å². The summed E-state index contributed by atoms with van der Waals surface area (Å²) in [5, 5.41) is 8.92. The molecular weight excluding hydrogens is 216 g/mol. The van der Waals surface area contributed by atoms with Gasteiger partial charge in [-0.1, -0.05) is 6.92 Å². The summed E-state index contributed by atoms with van der Waals surface area (Å²) in [6, 6.07) is 0.917. The van der Waals surface area contributed by atoms with Crippen LogP contribution in [-0.2, 0) is 4.79 Å². The maximum Gasteiger partial charge on any atom is 0.304 e. The number of hydrogen-bond donors (Lipinski definition) is 1. The van der Waals surface area contributed by atoms with Crippen molar-refractivity contribution in [3.63, 3.8) is 0 Å². The first kappa shape index (κ1) is 12.8. The smallest absolute Gasteiger partial charge is 0.304 e. The molecule has 2 saturated heterocycles. The Hall–Kier alpha value is -0.610. The molecule has 0 bridgehead atoms. The van der Waals surface area contributed by atoms with Crippen LogP contribution in [0.15, 0.2) is 0 Å². The van der Waals surface area contributed by atoms with E-state index in [0.29, 0.717) is 12.5 Å². The van der Waals surface area contributed by atoms with Crippen LogP contribution in [0.4, 0.5) is 0 Å². The van der Waals surface area contributed by atoms with Crippen LogP contribution >= 0.6 is 0 Å². The first-order valence-corrected chi connectivity index (χ1v) is 6.90. The standard InChI is InChI=1S/C13H24N2O2/c1-2-11(9-13(16)17)15-8-5-12(10-15)14-6-3-4-7-14/h11-12H,2-10H2,1H3,(H,16,17). The molecular formula is C13H24N2O2. The number of carbonyl (C=O) groups is 1. The predicted octanol–water partition coefficient (Wildman–Crippen LogP) is 1.41. The van der Waals surface area contributed by atoms with Gasteiger partial charge in [0.05, 0.1) is 6.42 Å². The summed E-state index contributed by atoms with van der Waals surface area (Å²) in [6.07, 6.45) is 5.13. The number of carboxylic acids is 1. The number of nitrogens with zero attached hydrogens (tertiary/aromatic N) is 2. The molecule has 2 fully saturated rings. The van der Waals surface area contributed by atoms with E-state index < -0.39 is 5.97 Å². The Morgan fingerprint density at radius 1 is 1.35 bits per heavy atom. The highest BCUT2D eigenvalue weighted by Crippen LogP contribution is 2.23. The van der Waals surface area contributed by atoms with Gasteiger partial charge >= 0.3 is 5.97 Å². The highest BCUT2D eigenvalue weighted by Gasteiger charge is 2.32. The molecule has 0 spiro atoms. The molecule has 2 heterocycles. The molecule has 0 amide bonds. The van der Waals surface area contributed by atoms with E-state index >= 15 is 0 Å².